The molecule has 0 spiro atoms. The number of aliphatic hydroxyl groups is 1. The van der Waals surface area contributed by atoms with E-state index in [9.17, 15) is 9.90 Å². The Balaban J connectivity index is 1.92. The van der Waals surface area contributed by atoms with E-state index >= 15 is 0 Å². The van der Waals surface area contributed by atoms with Crippen molar-refractivity contribution in [3.8, 4) is 0 Å². The molecule has 0 amide bonds. The predicted octanol–water partition coefficient (Wildman–Crippen LogP) is 1.11. The van der Waals surface area contributed by atoms with Gasteiger partial charge in [-0.25, -0.2) is 10.2 Å². The highest BCUT2D eigenvalue weighted by molar-refractivity contribution is 5.94. The number of hydrogen-bond donors (Lipinski definition) is 3. The Hall–Kier alpha value is -1.43. The highest BCUT2D eigenvalue weighted by Crippen LogP contribution is 2.40. The second kappa shape index (κ2) is 4.92. The number of fused-ring (bicyclic) bond motifs is 1. The van der Waals surface area contributed by atoms with Crippen LogP contribution in [-0.4, -0.2) is 23.3 Å². The first-order valence-corrected chi connectivity index (χ1v) is 6.71. The molecule has 1 aromatic carbocycles. The van der Waals surface area contributed by atoms with Gasteiger partial charge >= 0.3 is 5.97 Å². The number of carbonyl (C=O) groups is 1. The van der Waals surface area contributed by atoms with Gasteiger partial charge in [0.15, 0.2) is 0 Å². The Morgan fingerprint density at radius 2 is 2.11 bits per heavy atom. The zero-order chi connectivity index (χ0) is 13.4. The summed E-state index contributed by atoms with van der Waals surface area (Å²) in [6.45, 7) is 2.10. The molecular formula is C14H18N2O3. The third-order valence-electron chi connectivity index (χ3n) is 3.92. The fourth-order valence-electron chi connectivity index (χ4n) is 3.02. The molecule has 3 rings (SSSR count). The zero-order valence-corrected chi connectivity index (χ0v) is 10.8. The smallest absolute Gasteiger partial charge is 0.339 e. The lowest BCUT2D eigenvalue weighted by Crippen LogP contribution is -2.33. The molecule has 0 aromatic heterocycles. The molecule has 5 nitrogen and oxygen atoms in total. The number of benzene rings is 1. The molecule has 2 aliphatic heterocycles. The normalized spacial score (nSPS) is 33.3. The van der Waals surface area contributed by atoms with Gasteiger partial charge in [0.05, 0.1) is 11.5 Å². The standard InChI is InChI=1S/C14H18N2O3/c1-2-5-10-11(13(17)16-15-10)12-8-6-3-4-7-9(8)14(18)19-12/h3-4,6-7,10-13,15-17H,2,5H2,1H3. The molecule has 19 heavy (non-hydrogen) atoms. The summed E-state index contributed by atoms with van der Waals surface area (Å²) in [5.74, 6) is -0.456. The van der Waals surface area contributed by atoms with Crippen molar-refractivity contribution in [1.29, 1.82) is 0 Å². The number of aliphatic hydroxyl groups excluding tert-OH is 1. The van der Waals surface area contributed by atoms with Crippen molar-refractivity contribution >= 4 is 5.97 Å². The van der Waals surface area contributed by atoms with Gasteiger partial charge in [0.25, 0.3) is 0 Å². The highest BCUT2D eigenvalue weighted by atomic mass is 16.6. The lowest BCUT2D eigenvalue weighted by molar-refractivity contribution is -0.00866. The molecule has 1 fully saturated rings. The Morgan fingerprint density at radius 1 is 1.32 bits per heavy atom. The zero-order valence-electron chi connectivity index (χ0n) is 10.8. The minimum absolute atomic E-state index is 0.101. The van der Waals surface area contributed by atoms with E-state index in [4.69, 9.17) is 4.74 Å². The molecule has 0 bridgehead atoms. The first kappa shape index (κ1) is 12.6. The maximum absolute atomic E-state index is 11.9. The molecule has 1 saturated heterocycles. The van der Waals surface area contributed by atoms with Crippen molar-refractivity contribution in [2.75, 3.05) is 0 Å². The molecule has 0 saturated carbocycles. The van der Waals surface area contributed by atoms with E-state index < -0.39 is 6.23 Å². The molecular weight excluding hydrogens is 244 g/mol. The molecule has 102 valence electrons. The van der Waals surface area contributed by atoms with Gasteiger partial charge in [-0.3, -0.25) is 5.43 Å². The van der Waals surface area contributed by atoms with E-state index in [0.29, 0.717) is 5.56 Å². The second-order valence-electron chi connectivity index (χ2n) is 5.12. The number of rotatable bonds is 3. The summed E-state index contributed by atoms with van der Waals surface area (Å²) < 4.78 is 5.48. The van der Waals surface area contributed by atoms with E-state index in [2.05, 4.69) is 17.8 Å². The molecule has 1 aromatic rings. The maximum atomic E-state index is 11.9. The number of hydrogen-bond acceptors (Lipinski definition) is 5. The van der Waals surface area contributed by atoms with Gasteiger partial charge in [-0.15, -0.1) is 0 Å². The van der Waals surface area contributed by atoms with Crippen molar-refractivity contribution in [3.63, 3.8) is 0 Å². The molecule has 5 heteroatoms. The van der Waals surface area contributed by atoms with Crippen LogP contribution in [0.25, 0.3) is 0 Å². The number of nitrogens with one attached hydrogen (secondary N) is 2. The largest absolute Gasteiger partial charge is 0.453 e. The second-order valence-corrected chi connectivity index (χ2v) is 5.12. The monoisotopic (exact) mass is 262 g/mol. The van der Waals surface area contributed by atoms with E-state index in [1.807, 2.05) is 18.2 Å². The van der Waals surface area contributed by atoms with Gasteiger partial charge in [0, 0.05) is 11.6 Å². The molecule has 2 aliphatic rings. The summed E-state index contributed by atoms with van der Waals surface area (Å²) in [5.41, 5.74) is 7.42. The molecule has 0 radical (unpaired) electrons. The van der Waals surface area contributed by atoms with Crippen molar-refractivity contribution in [2.45, 2.75) is 38.1 Å². The van der Waals surface area contributed by atoms with Crippen LogP contribution in [0.15, 0.2) is 24.3 Å². The minimum atomic E-state index is -0.708. The first-order chi connectivity index (χ1) is 9.22. The van der Waals surface area contributed by atoms with Gasteiger partial charge in [-0.1, -0.05) is 31.5 Å². The quantitative estimate of drug-likeness (QED) is 0.712. The van der Waals surface area contributed by atoms with Crippen LogP contribution >= 0.6 is 0 Å². The van der Waals surface area contributed by atoms with E-state index in [-0.39, 0.29) is 24.0 Å². The minimum Gasteiger partial charge on any atom is -0.453 e. The van der Waals surface area contributed by atoms with Crippen molar-refractivity contribution in [2.24, 2.45) is 5.92 Å². The number of hydrazine groups is 1. The van der Waals surface area contributed by atoms with Crippen molar-refractivity contribution < 1.29 is 14.6 Å². The molecule has 0 aliphatic carbocycles. The summed E-state index contributed by atoms with van der Waals surface area (Å²) >= 11 is 0. The van der Waals surface area contributed by atoms with Gasteiger partial charge in [0.2, 0.25) is 0 Å². The van der Waals surface area contributed by atoms with Crippen molar-refractivity contribution in [1.82, 2.24) is 10.9 Å². The lowest BCUT2D eigenvalue weighted by atomic mass is 9.87. The summed E-state index contributed by atoms with van der Waals surface area (Å²) in [4.78, 5) is 11.9. The van der Waals surface area contributed by atoms with Crippen LogP contribution in [0.5, 0.6) is 0 Å². The van der Waals surface area contributed by atoms with Crippen LogP contribution in [0.4, 0.5) is 0 Å². The Labute approximate surface area is 111 Å². The molecule has 2 heterocycles. The van der Waals surface area contributed by atoms with Crippen LogP contribution in [0.1, 0.15) is 41.8 Å². The summed E-state index contributed by atoms with van der Waals surface area (Å²) in [5, 5.41) is 10.1. The lowest BCUT2D eigenvalue weighted by Gasteiger charge is -2.25. The highest BCUT2D eigenvalue weighted by Gasteiger charge is 2.46. The molecule has 4 atom stereocenters. The molecule has 4 unspecified atom stereocenters. The fourth-order valence-corrected chi connectivity index (χ4v) is 3.02. The van der Waals surface area contributed by atoms with Crippen LogP contribution in [-0.2, 0) is 4.74 Å². The Bertz CT molecular complexity index is 489. The average Bonchev–Trinajstić information content (AvgIpc) is 2.92. The number of ether oxygens (including phenoxy) is 1. The first-order valence-electron chi connectivity index (χ1n) is 6.71. The third kappa shape index (κ3) is 2.04. The average molecular weight is 262 g/mol. The van der Waals surface area contributed by atoms with E-state index in [1.54, 1.807) is 6.07 Å². The van der Waals surface area contributed by atoms with Gasteiger partial charge < -0.3 is 9.84 Å². The number of esters is 1. The fraction of sp³-hybridized carbons (Fsp3) is 0.500. The maximum Gasteiger partial charge on any atom is 0.339 e. The van der Waals surface area contributed by atoms with Crippen LogP contribution < -0.4 is 10.9 Å². The van der Waals surface area contributed by atoms with Crippen LogP contribution in [0.2, 0.25) is 0 Å². The van der Waals surface area contributed by atoms with Crippen molar-refractivity contribution in [3.05, 3.63) is 35.4 Å². The SMILES string of the molecule is CCCC1NNC(O)C1C1OC(=O)c2ccccc21. The summed E-state index contributed by atoms with van der Waals surface area (Å²) in [7, 11) is 0. The number of carbonyl (C=O) groups excluding carboxylic acids is 1. The van der Waals surface area contributed by atoms with Crippen LogP contribution in [0, 0.1) is 5.92 Å². The third-order valence-corrected chi connectivity index (χ3v) is 3.92. The Morgan fingerprint density at radius 3 is 2.89 bits per heavy atom. The summed E-state index contributed by atoms with van der Waals surface area (Å²) in [6, 6.07) is 7.50. The van der Waals surface area contributed by atoms with Gasteiger partial charge in [-0.05, 0) is 12.5 Å². The predicted molar refractivity (Wildman–Crippen MR) is 69.1 cm³/mol. The van der Waals surface area contributed by atoms with E-state index in [1.165, 1.54) is 0 Å². The number of cyclic esters (lactones) is 1. The topological polar surface area (TPSA) is 70.6 Å². The van der Waals surface area contributed by atoms with Crippen LogP contribution in [0.3, 0.4) is 0 Å². The van der Waals surface area contributed by atoms with Gasteiger partial charge in [-0.2, -0.15) is 0 Å². The van der Waals surface area contributed by atoms with Gasteiger partial charge in [0.1, 0.15) is 12.3 Å². The molecule has 3 N–H and O–H groups in total. The summed E-state index contributed by atoms with van der Waals surface area (Å²) in [6.07, 6.45) is 0.841. The Kier molecular flexibility index (Phi) is 3.26. The van der Waals surface area contributed by atoms with E-state index in [0.717, 1.165) is 18.4 Å².